The molecule has 8 nitrogen and oxygen atoms in total. The van der Waals surface area contributed by atoms with Crippen LogP contribution in [0.25, 0.3) is 0 Å². The van der Waals surface area contributed by atoms with Crippen LogP contribution in [0, 0.1) is 0 Å². The standard InChI is InChI=1S/C17H26N6O2/c1-4-16-22-21-13-23(16)11-9-19-17(18-2)20-10-12-25-15-7-5-14(24-3)6-8-15/h5-8,13H,4,9-12H2,1-3H3,(H2,18,19,20). The summed E-state index contributed by atoms with van der Waals surface area (Å²) in [7, 11) is 3.39. The fraction of sp³-hybridized carbons (Fsp3) is 0.471. The normalized spacial score (nSPS) is 11.2. The zero-order chi connectivity index (χ0) is 17.9. The van der Waals surface area contributed by atoms with E-state index in [1.807, 2.05) is 28.8 Å². The van der Waals surface area contributed by atoms with Gasteiger partial charge in [-0.15, -0.1) is 10.2 Å². The minimum atomic E-state index is 0.540. The molecule has 2 rings (SSSR count). The van der Waals surface area contributed by atoms with Crippen molar-refractivity contribution in [1.29, 1.82) is 0 Å². The van der Waals surface area contributed by atoms with Crippen molar-refractivity contribution in [3.8, 4) is 11.5 Å². The molecule has 0 bridgehead atoms. The van der Waals surface area contributed by atoms with Crippen LogP contribution >= 0.6 is 0 Å². The number of nitrogens with zero attached hydrogens (tertiary/aromatic N) is 4. The average molecular weight is 346 g/mol. The molecule has 8 heteroatoms. The molecular weight excluding hydrogens is 320 g/mol. The van der Waals surface area contributed by atoms with Gasteiger partial charge >= 0.3 is 0 Å². The third-order valence-corrected chi connectivity index (χ3v) is 3.60. The monoisotopic (exact) mass is 346 g/mol. The Morgan fingerprint density at radius 2 is 1.88 bits per heavy atom. The Morgan fingerprint density at radius 1 is 1.16 bits per heavy atom. The van der Waals surface area contributed by atoms with Crippen molar-refractivity contribution < 1.29 is 9.47 Å². The molecule has 25 heavy (non-hydrogen) atoms. The van der Waals surface area contributed by atoms with Crippen LogP contribution in [0.15, 0.2) is 35.6 Å². The van der Waals surface area contributed by atoms with E-state index in [0.29, 0.717) is 13.2 Å². The number of aliphatic imine (C=N–C) groups is 1. The van der Waals surface area contributed by atoms with Gasteiger partial charge in [-0.1, -0.05) is 6.92 Å². The maximum absolute atomic E-state index is 5.67. The average Bonchev–Trinajstić information content (AvgIpc) is 3.11. The number of aromatic nitrogens is 3. The molecule has 0 spiro atoms. The summed E-state index contributed by atoms with van der Waals surface area (Å²) in [6.07, 6.45) is 2.62. The first-order valence-electron chi connectivity index (χ1n) is 8.34. The summed E-state index contributed by atoms with van der Waals surface area (Å²) in [6, 6.07) is 7.52. The van der Waals surface area contributed by atoms with Crippen LogP contribution in [0.3, 0.4) is 0 Å². The summed E-state index contributed by atoms with van der Waals surface area (Å²) in [4.78, 5) is 4.20. The van der Waals surface area contributed by atoms with Gasteiger partial charge in [-0.3, -0.25) is 4.99 Å². The Bertz CT molecular complexity index is 653. The van der Waals surface area contributed by atoms with E-state index in [1.165, 1.54) is 0 Å². The molecule has 0 atom stereocenters. The van der Waals surface area contributed by atoms with Gasteiger partial charge in [-0.05, 0) is 24.3 Å². The van der Waals surface area contributed by atoms with Gasteiger partial charge in [-0.2, -0.15) is 0 Å². The van der Waals surface area contributed by atoms with Gasteiger partial charge in [0.1, 0.15) is 30.3 Å². The van der Waals surface area contributed by atoms with E-state index in [-0.39, 0.29) is 0 Å². The molecule has 136 valence electrons. The molecule has 1 aromatic carbocycles. The number of methoxy groups -OCH3 is 1. The Balaban J connectivity index is 1.64. The lowest BCUT2D eigenvalue weighted by atomic mass is 10.3. The summed E-state index contributed by atoms with van der Waals surface area (Å²) >= 11 is 0. The first-order valence-corrected chi connectivity index (χ1v) is 8.34. The number of ether oxygens (including phenoxy) is 2. The molecule has 2 N–H and O–H groups in total. The predicted molar refractivity (Wildman–Crippen MR) is 97.3 cm³/mol. The van der Waals surface area contributed by atoms with Gasteiger partial charge in [0.05, 0.1) is 13.7 Å². The lowest BCUT2D eigenvalue weighted by Crippen LogP contribution is -2.40. The number of nitrogens with one attached hydrogen (secondary N) is 2. The topological polar surface area (TPSA) is 85.6 Å². The van der Waals surface area contributed by atoms with Crippen LogP contribution < -0.4 is 20.1 Å². The van der Waals surface area contributed by atoms with Crippen molar-refractivity contribution in [3.63, 3.8) is 0 Å². The molecule has 1 heterocycles. The van der Waals surface area contributed by atoms with E-state index in [0.717, 1.165) is 42.8 Å². The fourth-order valence-corrected chi connectivity index (χ4v) is 2.27. The molecule has 0 radical (unpaired) electrons. The number of hydrogen-bond donors (Lipinski definition) is 2. The molecule has 0 saturated heterocycles. The van der Waals surface area contributed by atoms with Crippen LogP contribution in [0.5, 0.6) is 11.5 Å². The zero-order valence-electron chi connectivity index (χ0n) is 15.0. The molecule has 0 unspecified atom stereocenters. The second kappa shape index (κ2) is 10.2. The summed E-state index contributed by atoms with van der Waals surface area (Å²) in [5, 5.41) is 14.5. The second-order valence-electron chi connectivity index (χ2n) is 5.24. The second-order valence-corrected chi connectivity index (χ2v) is 5.24. The molecule has 0 amide bonds. The van der Waals surface area contributed by atoms with E-state index < -0.39 is 0 Å². The number of guanidine groups is 1. The maximum Gasteiger partial charge on any atom is 0.191 e. The van der Waals surface area contributed by atoms with Gasteiger partial charge in [0, 0.05) is 26.6 Å². The van der Waals surface area contributed by atoms with E-state index in [2.05, 4.69) is 32.7 Å². The van der Waals surface area contributed by atoms with Gasteiger partial charge in [0.2, 0.25) is 0 Å². The van der Waals surface area contributed by atoms with Crippen LogP contribution in [0.4, 0.5) is 0 Å². The van der Waals surface area contributed by atoms with Gasteiger partial charge in [-0.25, -0.2) is 0 Å². The summed E-state index contributed by atoms with van der Waals surface area (Å²) in [5.41, 5.74) is 0. The molecule has 0 aliphatic heterocycles. The molecule has 0 aliphatic carbocycles. The predicted octanol–water partition coefficient (Wildman–Crippen LogP) is 1.09. The summed E-state index contributed by atoms with van der Waals surface area (Å²) < 4.78 is 12.8. The first kappa shape index (κ1) is 18.6. The Labute approximate surface area is 148 Å². The smallest absolute Gasteiger partial charge is 0.191 e. The summed E-state index contributed by atoms with van der Waals surface area (Å²) in [5.74, 6) is 3.35. The van der Waals surface area contributed by atoms with Crippen molar-refractivity contribution in [3.05, 3.63) is 36.4 Å². The van der Waals surface area contributed by atoms with Crippen molar-refractivity contribution in [2.75, 3.05) is 33.9 Å². The van der Waals surface area contributed by atoms with Crippen molar-refractivity contribution in [2.24, 2.45) is 4.99 Å². The number of aryl methyl sites for hydroxylation is 1. The SMILES string of the molecule is CCc1nncn1CCNC(=NC)NCCOc1ccc(OC)cc1. The van der Waals surface area contributed by atoms with E-state index in [1.54, 1.807) is 20.5 Å². The lowest BCUT2D eigenvalue weighted by Gasteiger charge is -2.13. The first-order chi connectivity index (χ1) is 12.3. The molecular formula is C17H26N6O2. The Kier molecular flexibility index (Phi) is 7.55. The quantitative estimate of drug-likeness (QED) is 0.402. The fourth-order valence-electron chi connectivity index (χ4n) is 2.27. The summed E-state index contributed by atoms with van der Waals surface area (Å²) in [6.45, 7) is 4.79. The minimum absolute atomic E-state index is 0.540. The maximum atomic E-state index is 5.67. The molecule has 0 fully saturated rings. The highest BCUT2D eigenvalue weighted by molar-refractivity contribution is 5.79. The third kappa shape index (κ3) is 5.98. The number of hydrogen-bond acceptors (Lipinski definition) is 5. The van der Waals surface area contributed by atoms with Crippen LogP contribution in [-0.4, -0.2) is 54.6 Å². The van der Waals surface area contributed by atoms with Crippen LogP contribution in [0.1, 0.15) is 12.7 Å². The zero-order valence-corrected chi connectivity index (χ0v) is 15.0. The van der Waals surface area contributed by atoms with Crippen molar-refractivity contribution >= 4 is 5.96 Å². The molecule has 2 aromatic rings. The van der Waals surface area contributed by atoms with Crippen LogP contribution in [0.2, 0.25) is 0 Å². The lowest BCUT2D eigenvalue weighted by molar-refractivity contribution is 0.321. The van der Waals surface area contributed by atoms with Crippen molar-refractivity contribution in [1.82, 2.24) is 25.4 Å². The highest BCUT2D eigenvalue weighted by Gasteiger charge is 2.02. The van der Waals surface area contributed by atoms with E-state index in [9.17, 15) is 0 Å². The molecule has 1 aromatic heterocycles. The highest BCUT2D eigenvalue weighted by atomic mass is 16.5. The largest absolute Gasteiger partial charge is 0.497 e. The third-order valence-electron chi connectivity index (χ3n) is 3.60. The Morgan fingerprint density at radius 3 is 2.56 bits per heavy atom. The van der Waals surface area contributed by atoms with Crippen LogP contribution in [-0.2, 0) is 13.0 Å². The van der Waals surface area contributed by atoms with Crippen molar-refractivity contribution in [2.45, 2.75) is 19.9 Å². The number of benzene rings is 1. The van der Waals surface area contributed by atoms with Gasteiger partial charge in [0.15, 0.2) is 5.96 Å². The Hall–Kier alpha value is -2.77. The van der Waals surface area contributed by atoms with E-state index >= 15 is 0 Å². The molecule has 0 aliphatic rings. The number of rotatable bonds is 9. The minimum Gasteiger partial charge on any atom is -0.497 e. The van der Waals surface area contributed by atoms with Gasteiger partial charge in [0.25, 0.3) is 0 Å². The van der Waals surface area contributed by atoms with Gasteiger partial charge < -0.3 is 24.7 Å². The molecule has 0 saturated carbocycles. The van der Waals surface area contributed by atoms with E-state index in [4.69, 9.17) is 9.47 Å². The highest BCUT2D eigenvalue weighted by Crippen LogP contribution is 2.16.